The van der Waals surface area contributed by atoms with E-state index in [1.54, 1.807) is 24.3 Å². The zero-order valence-electron chi connectivity index (χ0n) is 12.7. The van der Waals surface area contributed by atoms with Crippen molar-refractivity contribution in [1.29, 1.82) is 0 Å². The van der Waals surface area contributed by atoms with Gasteiger partial charge in [0.25, 0.3) is 0 Å². The first-order chi connectivity index (χ1) is 11.1. The second kappa shape index (κ2) is 7.12. The zero-order chi connectivity index (χ0) is 16.2. The van der Waals surface area contributed by atoms with Gasteiger partial charge in [-0.25, -0.2) is 9.79 Å². The molecule has 0 radical (unpaired) electrons. The summed E-state index contributed by atoms with van der Waals surface area (Å²) in [4.78, 5) is 16.4. The molecule has 1 unspecified atom stereocenters. The van der Waals surface area contributed by atoms with Crippen molar-refractivity contribution >= 4 is 34.5 Å². The van der Waals surface area contributed by atoms with Crippen LogP contribution >= 0.6 is 22.6 Å². The van der Waals surface area contributed by atoms with Gasteiger partial charge in [0.1, 0.15) is 12.4 Å². The Morgan fingerprint density at radius 1 is 1.17 bits per heavy atom. The molecule has 0 N–H and O–H groups in total. The Morgan fingerprint density at radius 2 is 1.87 bits per heavy atom. The molecule has 1 aliphatic rings. The Balaban J connectivity index is 1.67. The maximum absolute atomic E-state index is 12.2. The van der Waals surface area contributed by atoms with E-state index in [1.807, 2.05) is 24.3 Å². The van der Waals surface area contributed by atoms with Crippen LogP contribution in [0.3, 0.4) is 0 Å². The van der Waals surface area contributed by atoms with Crippen molar-refractivity contribution < 1.29 is 14.3 Å². The SMILES string of the molecule is CC(I)c1ccc(C(=O)Oc2ccc(C3=NCCO3)cc2)cc1. The van der Waals surface area contributed by atoms with Crippen molar-refractivity contribution in [1.82, 2.24) is 0 Å². The molecule has 3 rings (SSSR count). The molecule has 118 valence electrons. The lowest BCUT2D eigenvalue weighted by atomic mass is 10.1. The third-order valence-electron chi connectivity index (χ3n) is 3.50. The van der Waals surface area contributed by atoms with E-state index >= 15 is 0 Å². The van der Waals surface area contributed by atoms with E-state index in [0.717, 1.165) is 5.56 Å². The van der Waals surface area contributed by atoms with Crippen LogP contribution in [0.2, 0.25) is 0 Å². The molecule has 0 amide bonds. The quantitative estimate of drug-likeness (QED) is 0.322. The van der Waals surface area contributed by atoms with E-state index in [2.05, 4.69) is 34.5 Å². The first-order valence-corrected chi connectivity index (χ1v) is 8.62. The number of hydrogen-bond acceptors (Lipinski definition) is 4. The minimum Gasteiger partial charge on any atom is -0.476 e. The van der Waals surface area contributed by atoms with Gasteiger partial charge in [0.05, 0.1) is 12.1 Å². The van der Waals surface area contributed by atoms with Crippen LogP contribution in [-0.4, -0.2) is 25.0 Å². The van der Waals surface area contributed by atoms with Gasteiger partial charge >= 0.3 is 5.97 Å². The molecule has 0 spiro atoms. The standard InChI is InChI=1S/C18H16INO3/c1-12(19)13-2-4-15(5-3-13)18(21)23-16-8-6-14(7-9-16)17-20-10-11-22-17/h2-9,12H,10-11H2,1H3. The Hall–Kier alpha value is -1.89. The fourth-order valence-electron chi connectivity index (χ4n) is 2.23. The second-order valence-electron chi connectivity index (χ2n) is 5.19. The number of nitrogens with zero attached hydrogens (tertiary/aromatic N) is 1. The monoisotopic (exact) mass is 421 g/mol. The van der Waals surface area contributed by atoms with Crippen LogP contribution in [0.4, 0.5) is 0 Å². The molecule has 0 bridgehead atoms. The topological polar surface area (TPSA) is 47.9 Å². The number of carbonyl (C=O) groups is 1. The summed E-state index contributed by atoms with van der Waals surface area (Å²) in [6.07, 6.45) is 0. The summed E-state index contributed by atoms with van der Waals surface area (Å²) in [5.41, 5.74) is 2.62. The van der Waals surface area contributed by atoms with E-state index in [1.165, 1.54) is 5.56 Å². The van der Waals surface area contributed by atoms with Crippen molar-refractivity contribution in [2.24, 2.45) is 4.99 Å². The van der Waals surface area contributed by atoms with Gasteiger partial charge < -0.3 is 9.47 Å². The highest BCUT2D eigenvalue weighted by Crippen LogP contribution is 2.23. The van der Waals surface area contributed by atoms with Crippen molar-refractivity contribution in [2.75, 3.05) is 13.2 Å². The number of carbonyl (C=O) groups excluding carboxylic acids is 1. The van der Waals surface area contributed by atoms with Crippen molar-refractivity contribution in [3.8, 4) is 5.75 Å². The predicted octanol–water partition coefficient (Wildman–Crippen LogP) is 4.18. The van der Waals surface area contributed by atoms with Crippen LogP contribution in [0.25, 0.3) is 0 Å². The summed E-state index contributed by atoms with van der Waals surface area (Å²) in [5.74, 6) is 0.787. The molecule has 4 nitrogen and oxygen atoms in total. The zero-order valence-corrected chi connectivity index (χ0v) is 14.8. The Bertz CT molecular complexity index is 721. The van der Waals surface area contributed by atoms with E-state index in [9.17, 15) is 4.79 Å². The van der Waals surface area contributed by atoms with Crippen LogP contribution in [0.15, 0.2) is 53.5 Å². The number of benzene rings is 2. The number of esters is 1. The molecule has 5 heteroatoms. The molecule has 0 fully saturated rings. The Kier molecular flexibility index (Phi) is 4.95. The van der Waals surface area contributed by atoms with Crippen LogP contribution in [-0.2, 0) is 4.74 Å². The molecular formula is C18H16INO3. The molecular weight excluding hydrogens is 405 g/mol. The fraction of sp³-hybridized carbons (Fsp3) is 0.222. The van der Waals surface area contributed by atoms with Crippen LogP contribution < -0.4 is 4.74 Å². The summed E-state index contributed by atoms with van der Waals surface area (Å²) < 4.78 is 11.2. The highest BCUT2D eigenvalue weighted by atomic mass is 127. The van der Waals surface area contributed by atoms with Gasteiger partial charge in [0.15, 0.2) is 0 Å². The largest absolute Gasteiger partial charge is 0.476 e. The average molecular weight is 421 g/mol. The number of ether oxygens (including phenoxy) is 2. The van der Waals surface area contributed by atoms with Gasteiger partial charge in [0.2, 0.25) is 5.90 Å². The van der Waals surface area contributed by atoms with Crippen molar-refractivity contribution in [3.63, 3.8) is 0 Å². The summed E-state index contributed by atoms with van der Waals surface area (Å²) in [6.45, 7) is 3.42. The highest BCUT2D eigenvalue weighted by Gasteiger charge is 2.12. The van der Waals surface area contributed by atoms with Crippen LogP contribution in [0, 0.1) is 0 Å². The second-order valence-corrected chi connectivity index (χ2v) is 7.06. The Labute approximate surface area is 148 Å². The molecule has 1 aliphatic heterocycles. The van der Waals surface area contributed by atoms with Crippen LogP contribution in [0.5, 0.6) is 5.75 Å². The van der Waals surface area contributed by atoms with E-state index in [-0.39, 0.29) is 5.97 Å². The van der Waals surface area contributed by atoms with Crippen LogP contribution in [0.1, 0.15) is 32.3 Å². The van der Waals surface area contributed by atoms with E-state index in [4.69, 9.17) is 9.47 Å². The van der Waals surface area contributed by atoms with Gasteiger partial charge in [-0.2, -0.15) is 0 Å². The molecule has 0 saturated heterocycles. The molecule has 1 atom stereocenters. The lowest BCUT2D eigenvalue weighted by Gasteiger charge is -2.07. The summed E-state index contributed by atoms with van der Waals surface area (Å²) >= 11 is 2.34. The molecule has 0 aliphatic carbocycles. The van der Waals surface area contributed by atoms with Gasteiger partial charge in [-0.05, 0) is 48.9 Å². The molecule has 2 aromatic carbocycles. The first kappa shape index (κ1) is 16.0. The lowest BCUT2D eigenvalue weighted by molar-refractivity contribution is 0.0735. The molecule has 23 heavy (non-hydrogen) atoms. The normalized spacial score (nSPS) is 14.8. The minimum absolute atomic E-state index is 0.361. The maximum Gasteiger partial charge on any atom is 0.343 e. The third-order valence-corrected chi connectivity index (χ3v) is 4.22. The van der Waals surface area contributed by atoms with E-state index in [0.29, 0.717) is 34.3 Å². The summed E-state index contributed by atoms with van der Waals surface area (Å²) in [7, 11) is 0. The molecule has 0 saturated carbocycles. The third kappa shape index (κ3) is 3.90. The van der Waals surface area contributed by atoms with Gasteiger partial charge in [-0.15, -0.1) is 0 Å². The molecule has 2 aromatic rings. The first-order valence-electron chi connectivity index (χ1n) is 7.37. The van der Waals surface area contributed by atoms with E-state index < -0.39 is 0 Å². The highest BCUT2D eigenvalue weighted by molar-refractivity contribution is 14.1. The van der Waals surface area contributed by atoms with Gasteiger partial charge in [-0.3, -0.25) is 0 Å². The van der Waals surface area contributed by atoms with Crippen molar-refractivity contribution in [3.05, 3.63) is 65.2 Å². The maximum atomic E-state index is 12.2. The van der Waals surface area contributed by atoms with Gasteiger partial charge in [0, 0.05) is 9.49 Å². The Morgan fingerprint density at radius 3 is 2.43 bits per heavy atom. The smallest absolute Gasteiger partial charge is 0.343 e. The van der Waals surface area contributed by atoms with Crippen molar-refractivity contribution in [2.45, 2.75) is 10.8 Å². The fourth-order valence-corrected chi connectivity index (χ4v) is 2.64. The minimum atomic E-state index is -0.361. The molecule has 1 heterocycles. The van der Waals surface area contributed by atoms with Gasteiger partial charge in [-0.1, -0.05) is 34.7 Å². The number of aliphatic imine (C=N–C) groups is 1. The summed E-state index contributed by atoms with van der Waals surface area (Å²) in [5, 5.41) is 0. The number of rotatable bonds is 4. The number of alkyl halides is 1. The molecule has 0 aromatic heterocycles. The average Bonchev–Trinajstić information content (AvgIpc) is 3.10. The number of hydrogen-bond donors (Lipinski definition) is 0. The summed E-state index contributed by atoms with van der Waals surface area (Å²) in [6, 6.07) is 14.7. The predicted molar refractivity (Wildman–Crippen MR) is 97.6 cm³/mol. The lowest BCUT2D eigenvalue weighted by Crippen LogP contribution is -2.09. The number of halogens is 1.